The van der Waals surface area contributed by atoms with E-state index >= 15 is 0 Å². The van der Waals surface area contributed by atoms with Crippen molar-refractivity contribution in [3.05, 3.63) is 0 Å². The molecule has 0 radical (unpaired) electrons. The standard InChI is InChI=1S/C5H5N3O/c6-3-5(4-7)1-2-9-8-5/h8H,1-2H2. The van der Waals surface area contributed by atoms with Gasteiger partial charge in [0, 0.05) is 6.42 Å². The minimum absolute atomic E-state index is 0.432. The van der Waals surface area contributed by atoms with Crippen LogP contribution in [-0.4, -0.2) is 12.1 Å². The van der Waals surface area contributed by atoms with Gasteiger partial charge in [-0.1, -0.05) is 0 Å². The van der Waals surface area contributed by atoms with Crippen molar-refractivity contribution in [2.75, 3.05) is 6.61 Å². The van der Waals surface area contributed by atoms with E-state index in [0.717, 1.165) is 0 Å². The molecule has 0 amide bonds. The Morgan fingerprint density at radius 1 is 1.44 bits per heavy atom. The van der Waals surface area contributed by atoms with Gasteiger partial charge in [-0.05, 0) is 0 Å². The van der Waals surface area contributed by atoms with Crippen LogP contribution in [0.25, 0.3) is 0 Å². The van der Waals surface area contributed by atoms with Crippen LogP contribution in [0.15, 0.2) is 0 Å². The van der Waals surface area contributed by atoms with Gasteiger partial charge in [-0.3, -0.25) is 4.84 Å². The third kappa shape index (κ3) is 0.857. The quantitative estimate of drug-likeness (QED) is 0.480. The van der Waals surface area contributed by atoms with Crippen LogP contribution in [0.2, 0.25) is 0 Å². The number of nitrogens with zero attached hydrogens (tertiary/aromatic N) is 2. The van der Waals surface area contributed by atoms with Gasteiger partial charge in [-0.2, -0.15) is 16.0 Å². The zero-order valence-electron chi connectivity index (χ0n) is 4.72. The van der Waals surface area contributed by atoms with Gasteiger partial charge >= 0.3 is 0 Å². The van der Waals surface area contributed by atoms with E-state index in [1.54, 1.807) is 0 Å². The number of hydrogen-bond acceptors (Lipinski definition) is 4. The molecule has 1 aliphatic rings. The fraction of sp³-hybridized carbons (Fsp3) is 0.600. The van der Waals surface area contributed by atoms with Gasteiger partial charge in [-0.15, -0.1) is 0 Å². The highest BCUT2D eigenvalue weighted by Gasteiger charge is 2.34. The fourth-order valence-electron chi connectivity index (χ4n) is 0.612. The molecule has 0 spiro atoms. The summed E-state index contributed by atoms with van der Waals surface area (Å²) in [6, 6.07) is 3.66. The van der Waals surface area contributed by atoms with Gasteiger partial charge in [0.1, 0.15) is 12.1 Å². The predicted molar refractivity (Wildman–Crippen MR) is 27.7 cm³/mol. The summed E-state index contributed by atoms with van der Waals surface area (Å²) in [6.07, 6.45) is 0.444. The maximum absolute atomic E-state index is 8.40. The topological polar surface area (TPSA) is 68.8 Å². The lowest BCUT2D eigenvalue weighted by Gasteiger charge is -2.05. The summed E-state index contributed by atoms with van der Waals surface area (Å²) >= 11 is 0. The molecule has 0 aromatic carbocycles. The lowest BCUT2D eigenvalue weighted by Crippen LogP contribution is -2.35. The first kappa shape index (κ1) is 6.03. The predicted octanol–water partition coefficient (Wildman–Crippen LogP) is -0.303. The molecule has 0 atom stereocenters. The minimum atomic E-state index is -1.08. The zero-order chi connectivity index (χ0) is 6.74. The molecular weight excluding hydrogens is 118 g/mol. The van der Waals surface area contributed by atoms with E-state index < -0.39 is 5.54 Å². The molecule has 1 fully saturated rings. The molecule has 46 valence electrons. The molecule has 0 aromatic rings. The molecule has 4 nitrogen and oxygen atoms in total. The van der Waals surface area contributed by atoms with Crippen molar-refractivity contribution >= 4 is 0 Å². The van der Waals surface area contributed by atoms with Gasteiger partial charge in [0.15, 0.2) is 0 Å². The van der Waals surface area contributed by atoms with Crippen LogP contribution in [-0.2, 0) is 4.84 Å². The van der Waals surface area contributed by atoms with Crippen molar-refractivity contribution in [1.82, 2.24) is 5.48 Å². The van der Waals surface area contributed by atoms with Crippen molar-refractivity contribution in [2.45, 2.75) is 12.0 Å². The number of hydroxylamine groups is 1. The Hall–Kier alpha value is -1.10. The number of rotatable bonds is 0. The lowest BCUT2D eigenvalue weighted by molar-refractivity contribution is 0.0853. The summed E-state index contributed by atoms with van der Waals surface area (Å²) in [5.41, 5.74) is 1.26. The summed E-state index contributed by atoms with van der Waals surface area (Å²) in [6.45, 7) is 0.432. The molecule has 1 aliphatic heterocycles. The molecule has 0 saturated carbocycles. The Morgan fingerprint density at radius 2 is 2.11 bits per heavy atom. The van der Waals surface area contributed by atoms with Crippen molar-refractivity contribution in [1.29, 1.82) is 10.5 Å². The first-order valence-electron chi connectivity index (χ1n) is 2.54. The third-order valence-electron chi connectivity index (χ3n) is 1.21. The summed E-state index contributed by atoms with van der Waals surface area (Å²) in [7, 11) is 0. The van der Waals surface area contributed by atoms with Crippen LogP contribution >= 0.6 is 0 Å². The normalized spacial score (nSPS) is 22.4. The minimum Gasteiger partial charge on any atom is -0.299 e. The third-order valence-corrected chi connectivity index (χ3v) is 1.21. The SMILES string of the molecule is N#CC1(C#N)CCON1. The van der Waals surface area contributed by atoms with Crippen molar-refractivity contribution in [3.63, 3.8) is 0 Å². The van der Waals surface area contributed by atoms with Gasteiger partial charge < -0.3 is 0 Å². The second kappa shape index (κ2) is 2.02. The van der Waals surface area contributed by atoms with E-state index in [-0.39, 0.29) is 0 Å². The second-order valence-electron chi connectivity index (χ2n) is 1.83. The lowest BCUT2D eigenvalue weighted by atomic mass is 10.0. The van der Waals surface area contributed by atoms with E-state index in [1.165, 1.54) is 0 Å². The van der Waals surface area contributed by atoms with Gasteiger partial charge in [0.2, 0.25) is 5.54 Å². The average molecular weight is 123 g/mol. The highest BCUT2D eigenvalue weighted by atomic mass is 16.7. The second-order valence-corrected chi connectivity index (χ2v) is 1.83. The summed E-state index contributed by atoms with van der Waals surface area (Å²) in [5.74, 6) is 0. The molecule has 0 unspecified atom stereocenters. The highest BCUT2D eigenvalue weighted by Crippen LogP contribution is 2.13. The van der Waals surface area contributed by atoms with Crippen molar-refractivity contribution in [2.24, 2.45) is 0 Å². The van der Waals surface area contributed by atoms with E-state index in [4.69, 9.17) is 10.5 Å². The van der Waals surface area contributed by atoms with Gasteiger partial charge in [-0.25, -0.2) is 0 Å². The average Bonchev–Trinajstić information content (AvgIpc) is 2.36. The molecule has 0 aliphatic carbocycles. The monoisotopic (exact) mass is 123 g/mol. The summed E-state index contributed by atoms with van der Waals surface area (Å²) in [5, 5.41) is 16.8. The van der Waals surface area contributed by atoms with Crippen LogP contribution in [0.3, 0.4) is 0 Å². The van der Waals surface area contributed by atoms with Crippen molar-refractivity contribution < 1.29 is 4.84 Å². The molecule has 4 heteroatoms. The Labute approximate surface area is 52.6 Å². The summed E-state index contributed by atoms with van der Waals surface area (Å²) in [4.78, 5) is 4.65. The van der Waals surface area contributed by atoms with E-state index in [2.05, 4.69) is 10.3 Å². The van der Waals surface area contributed by atoms with Gasteiger partial charge in [0.25, 0.3) is 0 Å². The number of nitrogens with one attached hydrogen (secondary N) is 1. The van der Waals surface area contributed by atoms with Crippen LogP contribution in [0.4, 0.5) is 0 Å². The molecule has 1 saturated heterocycles. The Bertz CT molecular complexity index is 165. The van der Waals surface area contributed by atoms with Crippen LogP contribution in [0, 0.1) is 22.7 Å². The van der Waals surface area contributed by atoms with Crippen molar-refractivity contribution in [3.8, 4) is 12.1 Å². The molecule has 0 aromatic heterocycles. The maximum atomic E-state index is 8.40. The molecule has 1 heterocycles. The Kier molecular flexibility index (Phi) is 1.35. The maximum Gasteiger partial charge on any atom is 0.217 e. The van der Waals surface area contributed by atoms with E-state index in [9.17, 15) is 0 Å². The number of nitriles is 2. The van der Waals surface area contributed by atoms with E-state index in [1.807, 2.05) is 12.1 Å². The first-order chi connectivity index (χ1) is 4.33. The molecular formula is C5H5N3O. The highest BCUT2D eigenvalue weighted by molar-refractivity contribution is 5.21. The number of hydrogen-bond donors (Lipinski definition) is 1. The molecule has 0 bridgehead atoms. The zero-order valence-corrected chi connectivity index (χ0v) is 4.72. The van der Waals surface area contributed by atoms with Crippen LogP contribution in [0.1, 0.15) is 6.42 Å². The smallest absolute Gasteiger partial charge is 0.217 e. The molecule has 1 rings (SSSR count). The molecule has 1 N–H and O–H groups in total. The Balaban J connectivity index is 2.74. The Morgan fingerprint density at radius 3 is 2.33 bits per heavy atom. The first-order valence-corrected chi connectivity index (χ1v) is 2.54. The summed E-state index contributed by atoms with van der Waals surface area (Å²) < 4.78 is 0. The van der Waals surface area contributed by atoms with Gasteiger partial charge in [0.05, 0.1) is 6.61 Å². The van der Waals surface area contributed by atoms with E-state index in [0.29, 0.717) is 13.0 Å². The fourth-order valence-corrected chi connectivity index (χ4v) is 0.612. The van der Waals surface area contributed by atoms with Crippen LogP contribution < -0.4 is 5.48 Å². The van der Waals surface area contributed by atoms with Crippen LogP contribution in [0.5, 0.6) is 0 Å². The molecule has 9 heavy (non-hydrogen) atoms. The largest absolute Gasteiger partial charge is 0.299 e.